The molecule has 0 unspecified atom stereocenters. The first-order valence-corrected chi connectivity index (χ1v) is 8.84. The summed E-state index contributed by atoms with van der Waals surface area (Å²) in [6, 6.07) is 25.4. The van der Waals surface area contributed by atoms with Gasteiger partial charge >= 0.3 is 6.03 Å². The third-order valence-corrected chi connectivity index (χ3v) is 4.50. The Labute approximate surface area is 157 Å². The van der Waals surface area contributed by atoms with E-state index in [1.165, 1.54) is 0 Å². The van der Waals surface area contributed by atoms with Gasteiger partial charge in [-0.15, -0.1) is 0 Å². The number of rotatable bonds is 5. The molecule has 0 saturated carbocycles. The maximum absolute atomic E-state index is 12.4. The van der Waals surface area contributed by atoms with E-state index in [9.17, 15) is 4.79 Å². The second-order valence-electron chi connectivity index (χ2n) is 6.28. The highest BCUT2D eigenvalue weighted by Crippen LogP contribution is 2.34. The predicted molar refractivity (Wildman–Crippen MR) is 104 cm³/mol. The van der Waals surface area contributed by atoms with E-state index in [1.807, 2.05) is 36.4 Å². The summed E-state index contributed by atoms with van der Waals surface area (Å²) < 4.78 is 10.6. The van der Waals surface area contributed by atoms with E-state index >= 15 is 0 Å². The number of carbonyl (C=O) groups is 1. The highest BCUT2D eigenvalue weighted by molar-refractivity contribution is 5.89. The van der Waals surface area contributed by atoms with Crippen LogP contribution in [0.4, 0.5) is 10.5 Å². The molecule has 0 radical (unpaired) electrons. The third kappa shape index (κ3) is 4.03. The average molecular weight is 360 g/mol. The molecular formula is C22H20N2O3. The Morgan fingerprint density at radius 3 is 2.15 bits per heavy atom. The van der Waals surface area contributed by atoms with Gasteiger partial charge in [-0.2, -0.15) is 0 Å². The SMILES string of the molecule is O=C(NCC(c1ccccc1)c1ccccc1)Nc1ccc2c(c1)OCO2. The molecule has 1 aliphatic rings. The van der Waals surface area contributed by atoms with Crippen LogP contribution in [-0.2, 0) is 0 Å². The summed E-state index contributed by atoms with van der Waals surface area (Å²) in [5.74, 6) is 1.41. The molecule has 0 fully saturated rings. The van der Waals surface area contributed by atoms with E-state index in [0.29, 0.717) is 23.7 Å². The summed E-state index contributed by atoms with van der Waals surface area (Å²) >= 11 is 0. The average Bonchev–Trinajstić information content (AvgIpc) is 3.18. The number of benzene rings is 3. The standard InChI is InChI=1S/C22H20N2O3/c25-22(24-18-11-12-20-21(13-18)27-15-26-20)23-14-19(16-7-3-1-4-8-16)17-9-5-2-6-10-17/h1-13,19H,14-15H2,(H2,23,24,25). The first kappa shape index (κ1) is 17.0. The number of amides is 2. The van der Waals surface area contributed by atoms with Crippen molar-refractivity contribution in [2.45, 2.75) is 5.92 Å². The summed E-state index contributed by atoms with van der Waals surface area (Å²) in [5, 5.41) is 5.82. The zero-order chi connectivity index (χ0) is 18.5. The maximum Gasteiger partial charge on any atom is 0.319 e. The van der Waals surface area contributed by atoms with Crippen molar-refractivity contribution in [3.8, 4) is 11.5 Å². The molecule has 5 nitrogen and oxygen atoms in total. The molecule has 5 heteroatoms. The minimum atomic E-state index is -0.259. The summed E-state index contributed by atoms with van der Waals surface area (Å²) in [6.45, 7) is 0.700. The Hall–Kier alpha value is -3.47. The number of nitrogens with one attached hydrogen (secondary N) is 2. The molecule has 0 aliphatic carbocycles. The van der Waals surface area contributed by atoms with Crippen molar-refractivity contribution in [1.82, 2.24) is 5.32 Å². The molecule has 1 heterocycles. The van der Waals surface area contributed by atoms with Crippen LogP contribution in [0.25, 0.3) is 0 Å². The quantitative estimate of drug-likeness (QED) is 0.710. The predicted octanol–water partition coefficient (Wildman–Crippen LogP) is 4.37. The normalized spacial score (nSPS) is 12.0. The summed E-state index contributed by atoms with van der Waals surface area (Å²) in [4.78, 5) is 12.4. The lowest BCUT2D eigenvalue weighted by Crippen LogP contribution is -2.32. The van der Waals surface area contributed by atoms with Crippen molar-refractivity contribution in [3.05, 3.63) is 90.0 Å². The van der Waals surface area contributed by atoms with Crippen molar-refractivity contribution < 1.29 is 14.3 Å². The first-order chi connectivity index (χ1) is 13.3. The van der Waals surface area contributed by atoms with Gasteiger partial charge in [0.05, 0.1) is 0 Å². The second-order valence-corrected chi connectivity index (χ2v) is 6.28. The van der Waals surface area contributed by atoms with Crippen LogP contribution >= 0.6 is 0 Å². The number of fused-ring (bicyclic) bond motifs is 1. The van der Waals surface area contributed by atoms with Crippen LogP contribution in [0.2, 0.25) is 0 Å². The van der Waals surface area contributed by atoms with Crippen LogP contribution in [0.1, 0.15) is 17.0 Å². The lowest BCUT2D eigenvalue weighted by atomic mass is 9.91. The fourth-order valence-corrected chi connectivity index (χ4v) is 3.14. The molecule has 0 spiro atoms. The minimum Gasteiger partial charge on any atom is -0.454 e. The molecule has 0 atom stereocenters. The molecule has 27 heavy (non-hydrogen) atoms. The Morgan fingerprint density at radius 2 is 1.48 bits per heavy atom. The minimum absolute atomic E-state index is 0.0786. The molecule has 2 N–H and O–H groups in total. The van der Waals surface area contributed by atoms with E-state index in [1.54, 1.807) is 18.2 Å². The Bertz CT molecular complexity index is 874. The molecule has 1 aliphatic heterocycles. The van der Waals surface area contributed by atoms with Gasteiger partial charge in [-0.25, -0.2) is 4.79 Å². The second kappa shape index (κ2) is 7.83. The molecule has 3 aromatic rings. The molecule has 0 aromatic heterocycles. The zero-order valence-corrected chi connectivity index (χ0v) is 14.7. The van der Waals surface area contributed by atoms with E-state index < -0.39 is 0 Å². The molecule has 4 rings (SSSR count). The summed E-state index contributed by atoms with van der Waals surface area (Å²) in [7, 11) is 0. The van der Waals surface area contributed by atoms with Gasteiger partial charge < -0.3 is 20.1 Å². The summed E-state index contributed by atoms with van der Waals surface area (Å²) in [6.07, 6.45) is 0. The number of carbonyl (C=O) groups excluding carboxylic acids is 1. The molecule has 0 saturated heterocycles. The van der Waals surface area contributed by atoms with Gasteiger partial charge in [0.2, 0.25) is 6.79 Å². The van der Waals surface area contributed by atoms with Gasteiger partial charge in [-0.3, -0.25) is 0 Å². The van der Waals surface area contributed by atoms with Crippen molar-refractivity contribution in [3.63, 3.8) is 0 Å². The van der Waals surface area contributed by atoms with Gasteiger partial charge in [-0.1, -0.05) is 60.7 Å². The highest BCUT2D eigenvalue weighted by Gasteiger charge is 2.16. The fourth-order valence-electron chi connectivity index (χ4n) is 3.14. The zero-order valence-electron chi connectivity index (χ0n) is 14.7. The molecule has 0 bridgehead atoms. The van der Waals surface area contributed by atoms with Crippen molar-refractivity contribution >= 4 is 11.7 Å². The van der Waals surface area contributed by atoms with Crippen molar-refractivity contribution in [1.29, 1.82) is 0 Å². The monoisotopic (exact) mass is 360 g/mol. The van der Waals surface area contributed by atoms with Gasteiger partial charge in [0.15, 0.2) is 11.5 Å². The third-order valence-electron chi connectivity index (χ3n) is 4.50. The first-order valence-electron chi connectivity index (χ1n) is 8.84. The molecule has 3 aromatic carbocycles. The summed E-state index contributed by atoms with van der Waals surface area (Å²) in [5.41, 5.74) is 2.98. The number of anilines is 1. The Morgan fingerprint density at radius 1 is 0.852 bits per heavy atom. The van der Waals surface area contributed by atoms with Crippen molar-refractivity contribution in [2.75, 3.05) is 18.7 Å². The smallest absolute Gasteiger partial charge is 0.319 e. The van der Waals surface area contributed by atoms with Gasteiger partial charge in [0.1, 0.15) is 0 Å². The fraction of sp³-hybridized carbons (Fsp3) is 0.136. The van der Waals surface area contributed by atoms with Crippen LogP contribution in [0.15, 0.2) is 78.9 Å². The van der Waals surface area contributed by atoms with Crippen LogP contribution in [-0.4, -0.2) is 19.4 Å². The van der Waals surface area contributed by atoms with E-state index in [4.69, 9.17) is 9.47 Å². The van der Waals surface area contributed by atoms with E-state index in [2.05, 4.69) is 34.9 Å². The molecule has 136 valence electrons. The number of hydrogen-bond acceptors (Lipinski definition) is 3. The molecular weight excluding hydrogens is 340 g/mol. The van der Waals surface area contributed by atoms with Crippen LogP contribution in [0, 0.1) is 0 Å². The van der Waals surface area contributed by atoms with Crippen LogP contribution < -0.4 is 20.1 Å². The number of hydrogen-bond donors (Lipinski definition) is 2. The highest BCUT2D eigenvalue weighted by atomic mass is 16.7. The van der Waals surface area contributed by atoms with Gasteiger partial charge in [-0.05, 0) is 23.3 Å². The van der Waals surface area contributed by atoms with Crippen LogP contribution in [0.3, 0.4) is 0 Å². The number of urea groups is 1. The van der Waals surface area contributed by atoms with E-state index in [-0.39, 0.29) is 18.7 Å². The topological polar surface area (TPSA) is 59.6 Å². The Balaban J connectivity index is 1.44. The number of ether oxygens (including phenoxy) is 2. The van der Waals surface area contributed by atoms with Crippen LogP contribution in [0.5, 0.6) is 11.5 Å². The lowest BCUT2D eigenvalue weighted by molar-refractivity contribution is 0.174. The largest absolute Gasteiger partial charge is 0.454 e. The lowest BCUT2D eigenvalue weighted by Gasteiger charge is -2.19. The van der Waals surface area contributed by atoms with Crippen molar-refractivity contribution in [2.24, 2.45) is 0 Å². The van der Waals surface area contributed by atoms with E-state index in [0.717, 1.165) is 11.1 Å². The maximum atomic E-state index is 12.4. The van der Waals surface area contributed by atoms with Gasteiger partial charge in [0.25, 0.3) is 0 Å². The Kier molecular flexibility index (Phi) is 4.92. The molecule has 2 amide bonds. The van der Waals surface area contributed by atoms with Gasteiger partial charge in [0, 0.05) is 24.2 Å².